The van der Waals surface area contributed by atoms with Crippen LogP contribution < -0.4 is 71.9 Å². The molecule has 7 nitrogen and oxygen atoms in total. The molecule has 0 saturated heterocycles. The standard InChI is InChI=1S/C25H25N3O4.K/c1-16(17-8-11-19(12-9-17)32-20-6-4-14-26-15-20)27-25(31)28-23(24(29)30)22-13-10-18-5-2-3-7-21(18)22;/h2-9,11-12,14-16,22-23H,10,13H2,1H3,(H,29,30)(H2,27,28,31);/q;+1/p-1. The Morgan fingerprint density at radius 3 is 2.48 bits per heavy atom. The number of amides is 2. The summed E-state index contributed by atoms with van der Waals surface area (Å²) in [5, 5.41) is 17.2. The number of rotatable bonds is 7. The van der Waals surface area contributed by atoms with Crippen LogP contribution in [0.1, 0.15) is 42.0 Å². The number of benzene rings is 2. The largest absolute Gasteiger partial charge is 1.00 e. The van der Waals surface area contributed by atoms with Gasteiger partial charge in [-0.15, -0.1) is 0 Å². The summed E-state index contributed by atoms with van der Waals surface area (Å²) in [5.74, 6) is -0.310. The number of carbonyl (C=O) groups is 2. The number of urea groups is 1. The summed E-state index contributed by atoms with van der Waals surface area (Å²) in [7, 11) is 0. The minimum Gasteiger partial charge on any atom is -0.548 e. The number of carbonyl (C=O) groups excluding carboxylic acids is 2. The molecule has 3 aromatic rings. The second-order valence-corrected chi connectivity index (χ2v) is 7.84. The fourth-order valence-corrected chi connectivity index (χ4v) is 4.09. The van der Waals surface area contributed by atoms with E-state index in [2.05, 4.69) is 15.6 Å². The van der Waals surface area contributed by atoms with Crippen molar-refractivity contribution in [3.8, 4) is 11.5 Å². The molecule has 0 bridgehead atoms. The normalized spacial score (nSPS) is 16.0. The van der Waals surface area contributed by atoms with Gasteiger partial charge in [-0.05, 0) is 60.7 Å². The summed E-state index contributed by atoms with van der Waals surface area (Å²) in [6.07, 6.45) is 4.74. The van der Waals surface area contributed by atoms with Gasteiger partial charge >= 0.3 is 57.4 Å². The molecule has 4 rings (SSSR count). The fraction of sp³-hybridized carbons (Fsp3) is 0.240. The van der Waals surface area contributed by atoms with Crippen LogP contribution >= 0.6 is 0 Å². The number of hydrogen-bond acceptors (Lipinski definition) is 5. The number of aromatic nitrogens is 1. The van der Waals surface area contributed by atoms with E-state index in [-0.39, 0.29) is 63.3 Å². The van der Waals surface area contributed by atoms with Crippen molar-refractivity contribution in [3.63, 3.8) is 0 Å². The predicted molar refractivity (Wildman–Crippen MR) is 117 cm³/mol. The average molecular weight is 470 g/mol. The van der Waals surface area contributed by atoms with Crippen molar-refractivity contribution in [1.82, 2.24) is 15.6 Å². The SMILES string of the molecule is CC(NC(=O)NC(C(=O)[O-])C1CCc2ccccc21)c1ccc(Oc2cccnc2)cc1.[K+]. The van der Waals surface area contributed by atoms with Crippen molar-refractivity contribution >= 4 is 12.0 Å². The van der Waals surface area contributed by atoms with Gasteiger partial charge in [-0.3, -0.25) is 4.98 Å². The van der Waals surface area contributed by atoms with E-state index in [1.54, 1.807) is 30.6 Å². The van der Waals surface area contributed by atoms with Crippen molar-refractivity contribution in [1.29, 1.82) is 0 Å². The molecule has 0 fully saturated rings. The number of fused-ring (bicyclic) bond motifs is 1. The number of nitrogens with one attached hydrogen (secondary N) is 2. The molecular weight excluding hydrogens is 445 g/mol. The smallest absolute Gasteiger partial charge is 0.548 e. The third-order valence-electron chi connectivity index (χ3n) is 5.72. The van der Waals surface area contributed by atoms with E-state index in [0.29, 0.717) is 17.9 Å². The number of hydrogen-bond donors (Lipinski definition) is 2. The molecular formula is C25H24KN3O4. The van der Waals surface area contributed by atoms with Crippen LogP contribution in [0, 0.1) is 0 Å². The third kappa shape index (κ3) is 6.42. The summed E-state index contributed by atoms with van der Waals surface area (Å²) in [5.41, 5.74) is 2.93. The van der Waals surface area contributed by atoms with E-state index < -0.39 is 18.0 Å². The van der Waals surface area contributed by atoms with Crippen molar-refractivity contribution in [2.75, 3.05) is 0 Å². The van der Waals surface area contributed by atoms with Crippen LogP contribution in [0.3, 0.4) is 0 Å². The van der Waals surface area contributed by atoms with Gasteiger partial charge in [-0.25, -0.2) is 4.79 Å². The van der Waals surface area contributed by atoms with E-state index in [0.717, 1.165) is 23.1 Å². The van der Waals surface area contributed by atoms with Crippen molar-refractivity contribution in [2.24, 2.45) is 0 Å². The molecule has 33 heavy (non-hydrogen) atoms. The van der Waals surface area contributed by atoms with Gasteiger partial charge in [0.25, 0.3) is 0 Å². The Morgan fingerprint density at radius 2 is 1.79 bits per heavy atom. The molecule has 1 aliphatic rings. The number of carboxylic acid groups (broad SMARTS) is 1. The van der Waals surface area contributed by atoms with Crippen LogP contribution in [0.2, 0.25) is 0 Å². The van der Waals surface area contributed by atoms with Crippen molar-refractivity contribution in [3.05, 3.63) is 89.7 Å². The monoisotopic (exact) mass is 469 g/mol. The van der Waals surface area contributed by atoms with Crippen LogP contribution in [0.4, 0.5) is 4.79 Å². The van der Waals surface area contributed by atoms with Gasteiger partial charge in [0.05, 0.1) is 24.2 Å². The quantitative estimate of drug-likeness (QED) is 0.478. The summed E-state index contributed by atoms with van der Waals surface area (Å²) in [6.45, 7) is 1.83. The van der Waals surface area contributed by atoms with E-state index in [1.165, 1.54) is 0 Å². The molecule has 1 aliphatic carbocycles. The Kier molecular flexibility index (Phi) is 9.05. The number of carboxylic acids is 1. The fourth-order valence-electron chi connectivity index (χ4n) is 4.09. The molecule has 0 radical (unpaired) electrons. The molecule has 3 unspecified atom stereocenters. The Labute approximate surface area is 235 Å². The molecule has 2 aromatic carbocycles. The Balaban J connectivity index is 0.00000306. The molecule has 1 aromatic heterocycles. The van der Waals surface area contributed by atoms with E-state index in [4.69, 9.17) is 4.74 Å². The Bertz CT molecular complexity index is 1090. The van der Waals surface area contributed by atoms with Gasteiger partial charge in [0, 0.05) is 12.1 Å². The Hall–Kier alpha value is -2.23. The van der Waals surface area contributed by atoms with Crippen LogP contribution in [-0.4, -0.2) is 23.0 Å². The van der Waals surface area contributed by atoms with E-state index >= 15 is 0 Å². The zero-order chi connectivity index (χ0) is 22.5. The maximum absolute atomic E-state index is 12.6. The van der Waals surface area contributed by atoms with Crippen LogP contribution in [0.25, 0.3) is 0 Å². The van der Waals surface area contributed by atoms with E-state index in [9.17, 15) is 14.7 Å². The molecule has 2 amide bonds. The summed E-state index contributed by atoms with van der Waals surface area (Å²) >= 11 is 0. The number of pyridine rings is 1. The van der Waals surface area contributed by atoms with E-state index in [1.807, 2.05) is 49.4 Å². The number of aliphatic carboxylic acids is 1. The van der Waals surface area contributed by atoms with Gasteiger partial charge in [0.1, 0.15) is 11.5 Å². The maximum Gasteiger partial charge on any atom is 1.00 e. The maximum atomic E-state index is 12.6. The Morgan fingerprint density at radius 1 is 1.03 bits per heavy atom. The minimum absolute atomic E-state index is 0. The van der Waals surface area contributed by atoms with Gasteiger partial charge in [-0.1, -0.05) is 36.4 Å². The molecule has 0 saturated carbocycles. The first-order valence-electron chi connectivity index (χ1n) is 10.5. The predicted octanol–water partition coefficient (Wildman–Crippen LogP) is 0.0866. The van der Waals surface area contributed by atoms with Gasteiger partial charge < -0.3 is 25.3 Å². The van der Waals surface area contributed by atoms with Crippen LogP contribution in [-0.2, 0) is 11.2 Å². The molecule has 164 valence electrons. The molecule has 1 heterocycles. The number of aryl methyl sites for hydroxylation is 1. The molecule has 0 spiro atoms. The molecule has 8 heteroatoms. The van der Waals surface area contributed by atoms with Gasteiger partial charge in [-0.2, -0.15) is 0 Å². The third-order valence-corrected chi connectivity index (χ3v) is 5.72. The summed E-state index contributed by atoms with van der Waals surface area (Å²) in [4.78, 5) is 28.4. The van der Waals surface area contributed by atoms with Crippen LogP contribution in [0.5, 0.6) is 11.5 Å². The first kappa shape index (κ1) is 25.4. The van der Waals surface area contributed by atoms with Gasteiger partial charge in [0.15, 0.2) is 0 Å². The number of ether oxygens (including phenoxy) is 1. The second-order valence-electron chi connectivity index (χ2n) is 7.84. The zero-order valence-corrected chi connectivity index (χ0v) is 21.8. The van der Waals surface area contributed by atoms with Crippen molar-refractivity contribution < 1.29 is 70.8 Å². The van der Waals surface area contributed by atoms with Gasteiger partial charge in [0.2, 0.25) is 0 Å². The second kappa shape index (κ2) is 11.8. The number of nitrogens with zero attached hydrogens (tertiary/aromatic N) is 1. The molecule has 0 aliphatic heterocycles. The molecule has 2 N–H and O–H groups in total. The minimum atomic E-state index is -1.29. The zero-order valence-electron chi connectivity index (χ0n) is 18.7. The first-order chi connectivity index (χ1) is 15.5. The van der Waals surface area contributed by atoms with Crippen LogP contribution in [0.15, 0.2) is 73.1 Å². The first-order valence-corrected chi connectivity index (χ1v) is 10.5. The average Bonchev–Trinajstić information content (AvgIpc) is 3.22. The topological polar surface area (TPSA) is 103 Å². The summed E-state index contributed by atoms with van der Waals surface area (Å²) in [6, 6.07) is 16.7. The molecule has 3 atom stereocenters. The van der Waals surface area contributed by atoms with Crippen molar-refractivity contribution in [2.45, 2.75) is 37.8 Å². The summed E-state index contributed by atoms with van der Waals surface area (Å²) < 4.78 is 5.72.